The fraction of sp³-hybridized carbons (Fsp3) is 1.00. The number of hydrogen-bond acceptors (Lipinski definition) is 3. The van der Waals surface area contributed by atoms with Gasteiger partial charge < -0.3 is 15.7 Å². The Kier molecular flexibility index (Phi) is 3.79. The minimum atomic E-state index is 0.305. The largest absolute Gasteiger partial charge is 0.395 e. The van der Waals surface area contributed by atoms with Crippen LogP contribution in [0.3, 0.4) is 0 Å². The third kappa shape index (κ3) is 2.69. The highest BCUT2D eigenvalue weighted by molar-refractivity contribution is 4.83. The van der Waals surface area contributed by atoms with Gasteiger partial charge in [0.25, 0.3) is 0 Å². The summed E-state index contributed by atoms with van der Waals surface area (Å²) in [5.41, 5.74) is 0. The molecule has 3 nitrogen and oxygen atoms in total. The summed E-state index contributed by atoms with van der Waals surface area (Å²) in [4.78, 5) is 0. The van der Waals surface area contributed by atoms with Gasteiger partial charge in [-0.3, -0.25) is 0 Å². The lowest BCUT2D eigenvalue weighted by Gasteiger charge is -2.25. The Labute approximate surface area is 86.3 Å². The molecule has 0 aliphatic carbocycles. The van der Waals surface area contributed by atoms with Crippen LogP contribution in [0.2, 0.25) is 0 Å². The first-order valence-corrected chi connectivity index (χ1v) is 5.93. The summed E-state index contributed by atoms with van der Waals surface area (Å²) >= 11 is 0. The van der Waals surface area contributed by atoms with E-state index < -0.39 is 0 Å². The van der Waals surface area contributed by atoms with E-state index in [-0.39, 0.29) is 0 Å². The molecule has 2 fully saturated rings. The zero-order valence-electron chi connectivity index (χ0n) is 8.84. The average Bonchev–Trinajstić information content (AvgIpc) is 2.67. The first-order chi connectivity index (χ1) is 6.88. The third-order valence-corrected chi connectivity index (χ3v) is 3.60. The Balaban J connectivity index is 1.69. The molecule has 2 heterocycles. The summed E-state index contributed by atoms with van der Waals surface area (Å²) in [7, 11) is 0. The minimum absolute atomic E-state index is 0.305. The fourth-order valence-corrected chi connectivity index (χ4v) is 2.82. The molecule has 2 rings (SSSR count). The van der Waals surface area contributed by atoms with Crippen LogP contribution in [0.25, 0.3) is 0 Å². The van der Waals surface area contributed by atoms with Crippen LogP contribution in [0.5, 0.6) is 0 Å². The van der Waals surface area contributed by atoms with Crippen molar-refractivity contribution in [2.45, 2.75) is 31.7 Å². The molecule has 0 aromatic heterocycles. The van der Waals surface area contributed by atoms with Crippen LogP contribution in [0, 0.1) is 11.8 Å². The highest BCUT2D eigenvalue weighted by Gasteiger charge is 2.26. The molecule has 2 aliphatic heterocycles. The molecule has 3 N–H and O–H groups in total. The fourth-order valence-electron chi connectivity index (χ4n) is 2.82. The lowest BCUT2D eigenvalue weighted by atomic mass is 9.88. The van der Waals surface area contributed by atoms with Gasteiger partial charge in [-0.1, -0.05) is 0 Å². The second kappa shape index (κ2) is 5.10. The molecule has 0 amide bonds. The number of nitrogens with one attached hydrogen (secondary N) is 2. The summed E-state index contributed by atoms with van der Waals surface area (Å²) in [6, 6.07) is 0.372. The van der Waals surface area contributed by atoms with Gasteiger partial charge in [0.15, 0.2) is 0 Å². The summed E-state index contributed by atoms with van der Waals surface area (Å²) in [6.45, 7) is 3.83. The second-order valence-electron chi connectivity index (χ2n) is 4.84. The molecule has 3 unspecified atom stereocenters. The predicted molar refractivity (Wildman–Crippen MR) is 57.2 cm³/mol. The molecule has 2 saturated heterocycles. The lowest BCUT2D eigenvalue weighted by molar-refractivity contribution is 0.248. The minimum Gasteiger partial charge on any atom is -0.395 e. The quantitative estimate of drug-likeness (QED) is 0.613. The molecule has 0 aromatic carbocycles. The van der Waals surface area contributed by atoms with E-state index in [1.54, 1.807) is 0 Å². The number of aliphatic hydroxyl groups is 1. The molecule has 14 heavy (non-hydrogen) atoms. The first-order valence-electron chi connectivity index (χ1n) is 5.93. The van der Waals surface area contributed by atoms with Crippen LogP contribution in [0.4, 0.5) is 0 Å². The van der Waals surface area contributed by atoms with Gasteiger partial charge in [-0.25, -0.2) is 0 Å². The third-order valence-electron chi connectivity index (χ3n) is 3.60. The molecule has 3 atom stereocenters. The van der Waals surface area contributed by atoms with Crippen molar-refractivity contribution in [1.29, 1.82) is 0 Å². The Morgan fingerprint density at radius 1 is 1.21 bits per heavy atom. The van der Waals surface area contributed by atoms with Gasteiger partial charge >= 0.3 is 0 Å². The zero-order chi connectivity index (χ0) is 9.80. The molecule has 3 heteroatoms. The molecular weight excluding hydrogens is 176 g/mol. The average molecular weight is 198 g/mol. The van der Waals surface area contributed by atoms with Gasteiger partial charge in [-0.2, -0.15) is 0 Å². The summed E-state index contributed by atoms with van der Waals surface area (Å²) in [5, 5.41) is 15.9. The van der Waals surface area contributed by atoms with Crippen LogP contribution in [0.1, 0.15) is 25.7 Å². The van der Waals surface area contributed by atoms with E-state index in [1.165, 1.54) is 38.8 Å². The van der Waals surface area contributed by atoms with Crippen LogP contribution < -0.4 is 10.6 Å². The molecular formula is C11H22N2O. The number of hydrogen-bond donors (Lipinski definition) is 3. The SMILES string of the molecule is OCC1CC(CC2CCCNC2)CN1. The molecule has 0 bridgehead atoms. The summed E-state index contributed by atoms with van der Waals surface area (Å²) < 4.78 is 0. The van der Waals surface area contributed by atoms with Gasteiger partial charge in [0.1, 0.15) is 0 Å². The van der Waals surface area contributed by atoms with Crippen LogP contribution >= 0.6 is 0 Å². The van der Waals surface area contributed by atoms with Crippen molar-refractivity contribution in [2.24, 2.45) is 11.8 Å². The maximum absolute atomic E-state index is 9.01. The maximum atomic E-state index is 9.01. The molecule has 0 saturated carbocycles. The topological polar surface area (TPSA) is 44.3 Å². The van der Waals surface area contributed by atoms with Crippen molar-refractivity contribution in [3.63, 3.8) is 0 Å². The van der Waals surface area contributed by atoms with Crippen LogP contribution in [-0.2, 0) is 0 Å². The van der Waals surface area contributed by atoms with E-state index in [4.69, 9.17) is 5.11 Å². The van der Waals surface area contributed by atoms with Crippen LogP contribution in [0.15, 0.2) is 0 Å². The number of piperidine rings is 1. The van der Waals surface area contributed by atoms with E-state index >= 15 is 0 Å². The number of rotatable bonds is 3. The molecule has 0 aromatic rings. The number of aliphatic hydroxyl groups excluding tert-OH is 1. The Hall–Kier alpha value is -0.120. The second-order valence-corrected chi connectivity index (χ2v) is 4.84. The van der Waals surface area contributed by atoms with Gasteiger partial charge in [0.05, 0.1) is 6.61 Å². The van der Waals surface area contributed by atoms with Gasteiger partial charge in [-0.05, 0) is 57.2 Å². The van der Waals surface area contributed by atoms with Crippen molar-refractivity contribution < 1.29 is 5.11 Å². The normalized spacial score (nSPS) is 38.8. The smallest absolute Gasteiger partial charge is 0.0584 e. The van der Waals surface area contributed by atoms with E-state index in [1.807, 2.05) is 0 Å². The van der Waals surface area contributed by atoms with Crippen LogP contribution in [-0.4, -0.2) is 37.4 Å². The summed E-state index contributed by atoms with van der Waals surface area (Å²) in [6.07, 6.45) is 5.25. The Bertz CT molecular complexity index is 169. The van der Waals surface area contributed by atoms with E-state index in [2.05, 4.69) is 10.6 Å². The molecule has 0 spiro atoms. The first kappa shape index (κ1) is 10.4. The molecule has 82 valence electrons. The van der Waals surface area contributed by atoms with Gasteiger partial charge in [0.2, 0.25) is 0 Å². The molecule has 2 aliphatic rings. The van der Waals surface area contributed by atoms with Crippen molar-refractivity contribution in [3.8, 4) is 0 Å². The summed E-state index contributed by atoms with van der Waals surface area (Å²) in [5.74, 6) is 1.69. The van der Waals surface area contributed by atoms with E-state index in [0.717, 1.165) is 18.4 Å². The lowest BCUT2D eigenvalue weighted by Crippen LogP contribution is -2.31. The van der Waals surface area contributed by atoms with Gasteiger partial charge in [0, 0.05) is 6.04 Å². The van der Waals surface area contributed by atoms with E-state index in [9.17, 15) is 0 Å². The standard InChI is InChI=1S/C11H22N2O/c14-8-11-5-10(7-13-11)4-9-2-1-3-12-6-9/h9-14H,1-8H2. The van der Waals surface area contributed by atoms with Crippen molar-refractivity contribution in [1.82, 2.24) is 10.6 Å². The predicted octanol–water partition coefficient (Wildman–Crippen LogP) is 0.346. The van der Waals surface area contributed by atoms with E-state index in [0.29, 0.717) is 12.6 Å². The highest BCUT2D eigenvalue weighted by Crippen LogP contribution is 2.25. The van der Waals surface area contributed by atoms with Crippen molar-refractivity contribution in [3.05, 3.63) is 0 Å². The van der Waals surface area contributed by atoms with Crippen molar-refractivity contribution in [2.75, 3.05) is 26.2 Å². The highest BCUT2D eigenvalue weighted by atomic mass is 16.3. The maximum Gasteiger partial charge on any atom is 0.0584 e. The van der Waals surface area contributed by atoms with Crippen molar-refractivity contribution >= 4 is 0 Å². The Morgan fingerprint density at radius 3 is 2.79 bits per heavy atom. The Morgan fingerprint density at radius 2 is 2.14 bits per heavy atom. The van der Waals surface area contributed by atoms with Gasteiger partial charge in [-0.15, -0.1) is 0 Å². The monoisotopic (exact) mass is 198 g/mol. The zero-order valence-corrected chi connectivity index (χ0v) is 8.84. The molecule has 0 radical (unpaired) electrons.